The second-order valence-electron chi connectivity index (χ2n) is 6.18. The Kier molecular flexibility index (Phi) is 4.65. The minimum atomic E-state index is -0.173. The first-order valence-electron chi connectivity index (χ1n) is 8.57. The number of carbonyl (C=O) groups excluding carboxylic acids is 1. The summed E-state index contributed by atoms with van der Waals surface area (Å²) in [6.45, 7) is 4.84. The molecule has 1 aliphatic rings. The summed E-state index contributed by atoms with van der Waals surface area (Å²) in [7, 11) is 0. The van der Waals surface area contributed by atoms with Crippen LogP contribution in [0.5, 0.6) is 0 Å². The molecule has 4 heterocycles. The molecule has 0 aliphatic carbocycles. The third-order valence-electron chi connectivity index (χ3n) is 4.41. The minimum Gasteiger partial charge on any atom is -0.339 e. The molecule has 10 heteroatoms. The number of amides is 2. The van der Waals surface area contributed by atoms with E-state index in [4.69, 9.17) is 0 Å². The summed E-state index contributed by atoms with van der Waals surface area (Å²) in [5, 5.41) is 7.21. The number of rotatable bonds is 3. The number of urea groups is 1. The van der Waals surface area contributed by atoms with Gasteiger partial charge in [0.2, 0.25) is 10.9 Å². The molecule has 3 aromatic heterocycles. The fourth-order valence-electron chi connectivity index (χ4n) is 2.99. The van der Waals surface area contributed by atoms with Crippen LogP contribution in [0, 0.1) is 0 Å². The van der Waals surface area contributed by atoms with Crippen LogP contribution >= 0.6 is 11.3 Å². The van der Waals surface area contributed by atoms with Gasteiger partial charge in [0.05, 0.1) is 17.9 Å². The van der Waals surface area contributed by atoms with Crippen LogP contribution in [0.25, 0.3) is 4.96 Å². The highest BCUT2D eigenvalue weighted by molar-refractivity contribution is 7.14. The van der Waals surface area contributed by atoms with Crippen molar-refractivity contribution in [3.8, 4) is 0 Å². The van der Waals surface area contributed by atoms with Gasteiger partial charge in [-0.05, 0) is 19.4 Å². The standard InChI is InChI=1S/C16H20N8OS/c1-12(13-10-24-16(21-13)26-11-19-24)20-15(25)23-7-3-6-22(8-9-23)14-17-4-2-5-18-14/h2,4-5,10-12H,3,6-9H2,1H3,(H,20,25)/t12-/m0/s1. The van der Waals surface area contributed by atoms with Gasteiger partial charge in [-0.1, -0.05) is 11.3 Å². The van der Waals surface area contributed by atoms with Crippen LogP contribution in [0.4, 0.5) is 10.7 Å². The molecule has 0 saturated carbocycles. The zero-order valence-corrected chi connectivity index (χ0v) is 15.3. The van der Waals surface area contributed by atoms with Gasteiger partial charge >= 0.3 is 6.03 Å². The molecule has 9 nitrogen and oxygen atoms in total. The second-order valence-corrected chi connectivity index (χ2v) is 6.99. The number of aromatic nitrogens is 5. The van der Waals surface area contributed by atoms with Gasteiger partial charge in [-0.25, -0.2) is 24.3 Å². The highest BCUT2D eigenvalue weighted by Crippen LogP contribution is 2.16. The molecule has 26 heavy (non-hydrogen) atoms. The lowest BCUT2D eigenvalue weighted by Crippen LogP contribution is -2.43. The topological polar surface area (TPSA) is 91.6 Å². The molecular formula is C16H20N8OS. The van der Waals surface area contributed by atoms with Crippen LogP contribution in [0.1, 0.15) is 25.1 Å². The molecule has 0 aromatic carbocycles. The van der Waals surface area contributed by atoms with Crippen molar-refractivity contribution in [3.63, 3.8) is 0 Å². The molecule has 2 amide bonds. The largest absolute Gasteiger partial charge is 0.339 e. The first-order valence-corrected chi connectivity index (χ1v) is 9.45. The van der Waals surface area contributed by atoms with E-state index in [1.54, 1.807) is 28.5 Å². The van der Waals surface area contributed by atoms with Crippen molar-refractivity contribution in [2.75, 3.05) is 31.1 Å². The van der Waals surface area contributed by atoms with E-state index < -0.39 is 0 Å². The molecule has 3 aromatic rings. The van der Waals surface area contributed by atoms with Gasteiger partial charge in [0.1, 0.15) is 5.51 Å². The van der Waals surface area contributed by atoms with Crippen molar-refractivity contribution in [1.82, 2.24) is 34.8 Å². The summed E-state index contributed by atoms with van der Waals surface area (Å²) in [5.74, 6) is 0.716. The predicted molar refractivity (Wildman–Crippen MR) is 98.2 cm³/mol. The lowest BCUT2D eigenvalue weighted by Gasteiger charge is -2.23. The molecule has 136 valence electrons. The van der Waals surface area contributed by atoms with Crippen LogP contribution in [0.15, 0.2) is 30.2 Å². The van der Waals surface area contributed by atoms with Gasteiger partial charge in [0, 0.05) is 38.6 Å². The van der Waals surface area contributed by atoms with E-state index in [9.17, 15) is 4.79 Å². The van der Waals surface area contributed by atoms with E-state index in [1.165, 1.54) is 11.3 Å². The number of hydrogen-bond acceptors (Lipinski definition) is 7. The maximum atomic E-state index is 12.6. The molecule has 1 aliphatic heterocycles. The predicted octanol–water partition coefficient (Wildman–Crippen LogP) is 1.56. The number of imidazole rings is 1. The normalized spacial score (nSPS) is 16.5. The first-order chi connectivity index (χ1) is 12.7. The summed E-state index contributed by atoms with van der Waals surface area (Å²) >= 11 is 1.47. The fourth-order valence-corrected chi connectivity index (χ4v) is 3.60. The van der Waals surface area contributed by atoms with Gasteiger partial charge in [-0.3, -0.25) is 0 Å². The Morgan fingerprint density at radius 1 is 1.23 bits per heavy atom. The Bertz CT molecular complexity index is 850. The number of anilines is 1. The van der Waals surface area contributed by atoms with Gasteiger partial charge in [-0.2, -0.15) is 5.10 Å². The molecule has 1 atom stereocenters. The minimum absolute atomic E-state index is 0.0716. The number of fused-ring (bicyclic) bond motifs is 1. The first kappa shape index (κ1) is 16.7. The van der Waals surface area contributed by atoms with Crippen molar-refractivity contribution in [3.05, 3.63) is 35.9 Å². The quantitative estimate of drug-likeness (QED) is 0.750. The summed E-state index contributed by atoms with van der Waals surface area (Å²) < 4.78 is 1.73. The molecule has 1 fully saturated rings. The van der Waals surface area contributed by atoms with Crippen LogP contribution in [0.2, 0.25) is 0 Å². The molecule has 0 spiro atoms. The Morgan fingerprint density at radius 2 is 2.08 bits per heavy atom. The lowest BCUT2D eigenvalue weighted by atomic mass is 10.2. The summed E-state index contributed by atoms with van der Waals surface area (Å²) in [6, 6.07) is 1.56. The molecule has 1 saturated heterocycles. The molecule has 0 bridgehead atoms. The van der Waals surface area contributed by atoms with Crippen molar-refractivity contribution in [2.45, 2.75) is 19.4 Å². The highest BCUT2D eigenvalue weighted by Gasteiger charge is 2.22. The van der Waals surface area contributed by atoms with E-state index in [2.05, 4.69) is 30.3 Å². The van der Waals surface area contributed by atoms with E-state index in [-0.39, 0.29) is 12.1 Å². The highest BCUT2D eigenvalue weighted by atomic mass is 32.1. The number of nitrogens with zero attached hydrogens (tertiary/aromatic N) is 7. The molecule has 1 N–H and O–H groups in total. The Balaban J connectivity index is 1.36. The van der Waals surface area contributed by atoms with E-state index in [0.717, 1.165) is 30.2 Å². The molecule has 4 rings (SSSR count). The van der Waals surface area contributed by atoms with Crippen molar-refractivity contribution in [1.29, 1.82) is 0 Å². The van der Waals surface area contributed by atoms with Gasteiger partial charge in [0.25, 0.3) is 0 Å². The monoisotopic (exact) mass is 372 g/mol. The number of carbonyl (C=O) groups is 1. The van der Waals surface area contributed by atoms with Gasteiger partial charge in [-0.15, -0.1) is 0 Å². The molecular weight excluding hydrogens is 352 g/mol. The fraction of sp³-hybridized carbons (Fsp3) is 0.438. The average Bonchev–Trinajstić information content (AvgIpc) is 3.16. The van der Waals surface area contributed by atoms with Crippen LogP contribution in [-0.2, 0) is 0 Å². The van der Waals surface area contributed by atoms with Crippen molar-refractivity contribution in [2.24, 2.45) is 0 Å². The summed E-state index contributed by atoms with van der Waals surface area (Å²) in [5.41, 5.74) is 2.56. The SMILES string of the molecule is C[C@H](NC(=O)N1CCCN(c2ncccn2)CC1)c1cn2ncsc2n1. The lowest BCUT2D eigenvalue weighted by molar-refractivity contribution is 0.198. The maximum Gasteiger partial charge on any atom is 0.317 e. The van der Waals surface area contributed by atoms with E-state index in [0.29, 0.717) is 19.0 Å². The second kappa shape index (κ2) is 7.24. The Labute approximate surface area is 154 Å². The summed E-state index contributed by atoms with van der Waals surface area (Å²) in [6.07, 6.45) is 6.21. The average molecular weight is 372 g/mol. The Morgan fingerprint density at radius 3 is 2.88 bits per heavy atom. The van der Waals surface area contributed by atoms with Crippen LogP contribution in [-0.4, -0.2) is 61.7 Å². The molecule has 0 unspecified atom stereocenters. The summed E-state index contributed by atoms with van der Waals surface area (Å²) in [4.78, 5) is 30.5. The van der Waals surface area contributed by atoms with Crippen molar-refractivity contribution >= 4 is 28.3 Å². The third kappa shape index (κ3) is 3.45. The zero-order chi connectivity index (χ0) is 17.9. The van der Waals surface area contributed by atoms with Crippen LogP contribution < -0.4 is 10.2 Å². The van der Waals surface area contributed by atoms with Crippen molar-refractivity contribution < 1.29 is 4.79 Å². The molecule has 0 radical (unpaired) electrons. The number of nitrogens with one attached hydrogen (secondary N) is 1. The third-order valence-corrected chi connectivity index (χ3v) is 5.10. The van der Waals surface area contributed by atoms with Gasteiger partial charge in [0.15, 0.2) is 0 Å². The van der Waals surface area contributed by atoms with E-state index >= 15 is 0 Å². The maximum absolute atomic E-state index is 12.6. The van der Waals surface area contributed by atoms with E-state index in [1.807, 2.05) is 18.0 Å². The number of hydrogen-bond donors (Lipinski definition) is 1. The van der Waals surface area contributed by atoms with Crippen LogP contribution in [0.3, 0.4) is 0 Å². The smallest absolute Gasteiger partial charge is 0.317 e. The van der Waals surface area contributed by atoms with Gasteiger partial charge < -0.3 is 15.1 Å². The Hall–Kier alpha value is -2.75. The zero-order valence-electron chi connectivity index (χ0n) is 14.4.